The molecule has 0 saturated heterocycles. The second-order valence-corrected chi connectivity index (χ2v) is 4.71. The molecule has 0 spiro atoms. The van der Waals surface area contributed by atoms with Gasteiger partial charge in [0.1, 0.15) is 0 Å². The Bertz CT molecular complexity index is 779. The van der Waals surface area contributed by atoms with Gasteiger partial charge in [-0.25, -0.2) is 0 Å². The smallest absolute Gasteiger partial charge is 0.269 e. The van der Waals surface area contributed by atoms with Gasteiger partial charge in [-0.05, 0) is 35.0 Å². The van der Waals surface area contributed by atoms with Crippen LogP contribution in [0, 0.1) is 0 Å². The topological polar surface area (TPSA) is 117 Å². The fourth-order valence-corrected chi connectivity index (χ4v) is 2.05. The standard InChI is InChI=1S/C14H12N6O2/c21-12(13(22)14-17-19-20-18-14)8-11-2-1-10(16-11)7-9-3-5-15-6-4-9/h1-6,16H,7-8H2,(H,17,18,19,20). The van der Waals surface area contributed by atoms with Gasteiger partial charge in [0.25, 0.3) is 5.78 Å². The van der Waals surface area contributed by atoms with Crippen LogP contribution in [0.1, 0.15) is 27.6 Å². The molecule has 8 heteroatoms. The molecule has 0 aromatic carbocycles. The van der Waals surface area contributed by atoms with Crippen LogP contribution in [-0.2, 0) is 17.6 Å². The van der Waals surface area contributed by atoms with Gasteiger partial charge in [0.05, 0.1) is 6.42 Å². The van der Waals surface area contributed by atoms with Crippen LogP contribution in [-0.4, -0.2) is 42.2 Å². The highest BCUT2D eigenvalue weighted by Crippen LogP contribution is 2.10. The van der Waals surface area contributed by atoms with Crippen molar-refractivity contribution in [2.45, 2.75) is 12.8 Å². The van der Waals surface area contributed by atoms with Crippen molar-refractivity contribution in [1.82, 2.24) is 30.6 Å². The van der Waals surface area contributed by atoms with Crippen LogP contribution < -0.4 is 0 Å². The summed E-state index contributed by atoms with van der Waals surface area (Å²) in [6.07, 6.45) is 4.14. The van der Waals surface area contributed by atoms with Crippen LogP contribution in [0.25, 0.3) is 0 Å². The van der Waals surface area contributed by atoms with Crippen LogP contribution in [0.2, 0.25) is 0 Å². The molecule has 0 amide bonds. The molecule has 0 aliphatic rings. The van der Waals surface area contributed by atoms with Crippen LogP contribution >= 0.6 is 0 Å². The third-order valence-corrected chi connectivity index (χ3v) is 3.10. The Balaban J connectivity index is 1.64. The van der Waals surface area contributed by atoms with E-state index in [-0.39, 0.29) is 12.2 Å². The van der Waals surface area contributed by atoms with Gasteiger partial charge in [-0.15, -0.1) is 10.2 Å². The molecule has 0 atom stereocenters. The van der Waals surface area contributed by atoms with Gasteiger partial charge in [0, 0.05) is 30.2 Å². The first-order valence-corrected chi connectivity index (χ1v) is 6.59. The highest BCUT2D eigenvalue weighted by atomic mass is 16.2. The molecule has 2 N–H and O–H groups in total. The first kappa shape index (κ1) is 13.8. The third-order valence-electron chi connectivity index (χ3n) is 3.10. The highest BCUT2D eigenvalue weighted by Gasteiger charge is 2.21. The van der Waals surface area contributed by atoms with Crippen molar-refractivity contribution in [3.63, 3.8) is 0 Å². The Morgan fingerprint density at radius 3 is 2.55 bits per heavy atom. The maximum absolute atomic E-state index is 11.9. The molecule has 0 aliphatic heterocycles. The minimum Gasteiger partial charge on any atom is -0.362 e. The minimum absolute atomic E-state index is 0.0241. The number of hydrogen-bond donors (Lipinski definition) is 2. The number of ketones is 2. The SMILES string of the molecule is O=C(Cc1ccc(Cc2ccncc2)[nH]1)C(=O)c1nn[nH]n1. The summed E-state index contributed by atoms with van der Waals surface area (Å²) in [4.78, 5) is 30.7. The molecule has 0 saturated carbocycles. The molecule has 110 valence electrons. The van der Waals surface area contributed by atoms with Crippen LogP contribution in [0.5, 0.6) is 0 Å². The second-order valence-electron chi connectivity index (χ2n) is 4.71. The number of carbonyl (C=O) groups excluding carboxylic acids is 2. The van der Waals surface area contributed by atoms with E-state index in [1.54, 1.807) is 18.5 Å². The Labute approximate surface area is 125 Å². The van der Waals surface area contributed by atoms with Crippen molar-refractivity contribution < 1.29 is 9.59 Å². The zero-order chi connectivity index (χ0) is 15.4. The lowest BCUT2D eigenvalue weighted by atomic mass is 10.1. The summed E-state index contributed by atoms with van der Waals surface area (Å²) in [5.74, 6) is -1.55. The number of rotatable bonds is 6. The number of aromatic amines is 2. The van der Waals surface area contributed by atoms with Gasteiger partial charge in [-0.1, -0.05) is 0 Å². The average molecular weight is 296 g/mol. The third kappa shape index (κ3) is 3.11. The zero-order valence-corrected chi connectivity index (χ0v) is 11.5. The molecule has 3 heterocycles. The highest BCUT2D eigenvalue weighted by molar-refractivity contribution is 6.42. The molecule has 0 aliphatic carbocycles. The van der Waals surface area contributed by atoms with E-state index in [1.165, 1.54) is 0 Å². The van der Waals surface area contributed by atoms with Gasteiger partial charge in [-0.2, -0.15) is 5.21 Å². The lowest BCUT2D eigenvalue weighted by molar-refractivity contribution is -0.114. The van der Waals surface area contributed by atoms with Gasteiger partial charge in [0.2, 0.25) is 11.6 Å². The Morgan fingerprint density at radius 2 is 1.82 bits per heavy atom. The Hall–Kier alpha value is -3.16. The monoisotopic (exact) mass is 296 g/mol. The second kappa shape index (κ2) is 6.08. The molecular formula is C14H12N6O2. The van der Waals surface area contributed by atoms with E-state index in [0.717, 1.165) is 11.3 Å². The van der Waals surface area contributed by atoms with Crippen molar-refractivity contribution in [1.29, 1.82) is 0 Å². The first-order chi connectivity index (χ1) is 10.7. The van der Waals surface area contributed by atoms with Crippen molar-refractivity contribution in [3.05, 3.63) is 59.4 Å². The lowest BCUT2D eigenvalue weighted by Gasteiger charge is -1.99. The molecule has 0 bridgehead atoms. The average Bonchev–Trinajstić information content (AvgIpc) is 3.19. The lowest BCUT2D eigenvalue weighted by Crippen LogP contribution is -2.18. The van der Waals surface area contributed by atoms with E-state index < -0.39 is 11.6 Å². The number of hydrogen-bond acceptors (Lipinski definition) is 6. The summed E-state index contributed by atoms with van der Waals surface area (Å²) in [5.41, 5.74) is 2.74. The van der Waals surface area contributed by atoms with Crippen molar-refractivity contribution in [3.8, 4) is 0 Å². The molecule has 3 rings (SSSR count). The summed E-state index contributed by atoms with van der Waals surface area (Å²) >= 11 is 0. The van der Waals surface area contributed by atoms with E-state index in [4.69, 9.17) is 0 Å². The summed E-state index contributed by atoms with van der Waals surface area (Å²) in [6, 6.07) is 7.52. The quantitative estimate of drug-likeness (QED) is 0.505. The number of aromatic nitrogens is 6. The largest absolute Gasteiger partial charge is 0.362 e. The number of Topliss-reactive ketones (excluding diaryl/α,β-unsaturated/α-hetero) is 2. The maximum atomic E-state index is 11.9. The van der Waals surface area contributed by atoms with Crippen molar-refractivity contribution in [2.75, 3.05) is 0 Å². The Kier molecular flexibility index (Phi) is 3.82. The molecule has 0 radical (unpaired) electrons. The number of nitrogens with zero attached hydrogens (tertiary/aromatic N) is 4. The predicted octanol–water partition coefficient (Wildman–Crippen LogP) is 0.508. The van der Waals surface area contributed by atoms with Crippen LogP contribution in [0.3, 0.4) is 0 Å². The van der Waals surface area contributed by atoms with Gasteiger partial charge >= 0.3 is 0 Å². The van der Waals surface area contributed by atoms with E-state index in [1.807, 2.05) is 18.2 Å². The summed E-state index contributed by atoms with van der Waals surface area (Å²) in [6.45, 7) is 0. The van der Waals surface area contributed by atoms with E-state index in [9.17, 15) is 9.59 Å². The van der Waals surface area contributed by atoms with Gasteiger partial charge < -0.3 is 4.98 Å². The molecule has 0 fully saturated rings. The van der Waals surface area contributed by atoms with E-state index in [0.29, 0.717) is 12.1 Å². The van der Waals surface area contributed by atoms with Crippen molar-refractivity contribution >= 4 is 11.6 Å². The van der Waals surface area contributed by atoms with Crippen LogP contribution in [0.4, 0.5) is 0 Å². The van der Waals surface area contributed by atoms with Crippen LogP contribution in [0.15, 0.2) is 36.7 Å². The fraction of sp³-hybridized carbons (Fsp3) is 0.143. The predicted molar refractivity (Wildman–Crippen MR) is 75.1 cm³/mol. The normalized spacial score (nSPS) is 10.5. The Morgan fingerprint density at radius 1 is 1.05 bits per heavy atom. The first-order valence-electron chi connectivity index (χ1n) is 6.59. The molecule has 22 heavy (non-hydrogen) atoms. The summed E-state index contributed by atoms with van der Waals surface area (Å²) in [5, 5.41) is 12.4. The molecular weight excluding hydrogens is 284 g/mol. The molecule has 0 unspecified atom stereocenters. The number of carbonyl (C=O) groups is 2. The number of H-pyrrole nitrogens is 2. The molecule has 3 aromatic heterocycles. The maximum Gasteiger partial charge on any atom is 0.269 e. The van der Waals surface area contributed by atoms with E-state index in [2.05, 4.69) is 30.6 Å². The van der Waals surface area contributed by atoms with E-state index >= 15 is 0 Å². The zero-order valence-electron chi connectivity index (χ0n) is 11.5. The van der Waals surface area contributed by atoms with Gasteiger partial charge in [-0.3, -0.25) is 14.6 Å². The molecule has 3 aromatic rings. The molecule has 8 nitrogen and oxygen atoms in total. The minimum atomic E-state index is -0.751. The summed E-state index contributed by atoms with van der Waals surface area (Å²) < 4.78 is 0. The van der Waals surface area contributed by atoms with Crippen molar-refractivity contribution in [2.24, 2.45) is 0 Å². The van der Waals surface area contributed by atoms with Gasteiger partial charge in [0.15, 0.2) is 0 Å². The number of tetrazole rings is 1. The fourth-order valence-electron chi connectivity index (χ4n) is 2.05. The summed E-state index contributed by atoms with van der Waals surface area (Å²) in [7, 11) is 0. The number of pyridine rings is 1. The number of nitrogens with one attached hydrogen (secondary N) is 2.